The number of nitrogens with zero attached hydrogens (tertiary/aromatic N) is 2. The minimum Gasteiger partial charge on any atom is -0.459 e. The summed E-state index contributed by atoms with van der Waals surface area (Å²) in [6.07, 6.45) is 9.10. The van der Waals surface area contributed by atoms with E-state index in [1.165, 1.54) is 0 Å². The highest BCUT2D eigenvalue weighted by Crippen LogP contribution is 2.62. The molecule has 11 heteroatoms. The van der Waals surface area contributed by atoms with Crippen LogP contribution in [-0.2, 0) is 20.9 Å². The molecule has 1 saturated carbocycles. The minimum absolute atomic E-state index is 0.0550. The number of aliphatic hydroxyl groups excluding tert-OH is 2. The van der Waals surface area contributed by atoms with E-state index in [9.17, 15) is 19.8 Å². The quantitative estimate of drug-likeness (QED) is 0.0536. The molecule has 298 valence electrons. The number of hydrogen-bond donors (Lipinski definition) is 2. The van der Waals surface area contributed by atoms with Gasteiger partial charge in [0.15, 0.2) is 0 Å². The first-order valence-corrected chi connectivity index (χ1v) is 19.7. The maximum atomic E-state index is 14.0. The van der Waals surface area contributed by atoms with Crippen molar-refractivity contribution in [1.29, 1.82) is 0 Å². The van der Waals surface area contributed by atoms with Gasteiger partial charge in [0.1, 0.15) is 42.8 Å². The van der Waals surface area contributed by atoms with Crippen molar-refractivity contribution in [3.63, 3.8) is 0 Å². The molecule has 2 N–H and O–H groups in total. The van der Waals surface area contributed by atoms with E-state index in [-0.39, 0.29) is 50.6 Å². The normalized spacial score (nSPS) is 24.2. The number of rotatable bonds is 19. The van der Waals surface area contributed by atoms with Crippen molar-refractivity contribution >= 4 is 18.1 Å². The van der Waals surface area contributed by atoms with E-state index in [4.69, 9.17) is 28.9 Å². The lowest BCUT2D eigenvalue weighted by atomic mass is 9.55. The molecule has 0 bridgehead atoms. The maximum Gasteiger partial charge on any atom is 0.410 e. The predicted octanol–water partition coefficient (Wildman–Crippen LogP) is 8.21. The molecule has 2 aliphatic carbocycles. The largest absolute Gasteiger partial charge is 0.459 e. The average Bonchev–Trinajstić information content (AvgIpc) is 3.22. The molecule has 6 rings (SSSR count). The second-order valence-electron chi connectivity index (χ2n) is 14.6. The molecule has 1 fully saturated rings. The first-order valence-electron chi connectivity index (χ1n) is 19.7. The van der Waals surface area contributed by atoms with E-state index in [0.29, 0.717) is 48.0 Å². The number of carbonyl (C=O) groups is 2. The number of carbonyl (C=O) groups excluding carboxylic acids is 2. The number of benzene rings is 3. The molecule has 0 unspecified atom stereocenters. The Bertz CT molecular complexity index is 1860. The van der Waals surface area contributed by atoms with Crippen LogP contribution in [0.5, 0.6) is 17.2 Å². The van der Waals surface area contributed by atoms with Crippen molar-refractivity contribution in [3.8, 4) is 17.2 Å². The Morgan fingerprint density at radius 1 is 1.00 bits per heavy atom. The number of unbranched alkanes of at least 4 members (excludes halogenated alkanes) is 2. The van der Waals surface area contributed by atoms with Gasteiger partial charge in [0.2, 0.25) is 5.79 Å². The molecule has 0 saturated heterocycles. The van der Waals surface area contributed by atoms with Gasteiger partial charge in [-0.15, -0.1) is 6.58 Å². The van der Waals surface area contributed by atoms with E-state index in [1.807, 2.05) is 61.5 Å². The second-order valence-corrected chi connectivity index (χ2v) is 14.6. The second kappa shape index (κ2) is 19.3. The smallest absolute Gasteiger partial charge is 0.410 e. The number of amides is 1. The van der Waals surface area contributed by atoms with E-state index in [0.717, 1.165) is 48.7 Å². The van der Waals surface area contributed by atoms with Crippen molar-refractivity contribution in [2.45, 2.75) is 76.2 Å². The third-order valence-corrected chi connectivity index (χ3v) is 11.1. The topological polar surface area (TPSA) is 136 Å². The summed E-state index contributed by atoms with van der Waals surface area (Å²) in [5, 5.41) is 24.4. The number of hydrogen-bond acceptors (Lipinski definition) is 10. The molecular weight excluding hydrogens is 712 g/mol. The highest BCUT2D eigenvalue weighted by Gasteiger charge is 2.65. The van der Waals surface area contributed by atoms with Crippen LogP contribution in [0.2, 0.25) is 0 Å². The molecule has 3 aromatic carbocycles. The Hall–Kier alpha value is -4.97. The molecule has 11 nitrogen and oxygen atoms in total. The summed E-state index contributed by atoms with van der Waals surface area (Å²) >= 11 is 0. The Morgan fingerprint density at radius 2 is 1.77 bits per heavy atom. The van der Waals surface area contributed by atoms with Gasteiger partial charge in [0, 0.05) is 43.7 Å². The van der Waals surface area contributed by atoms with Crippen molar-refractivity contribution in [1.82, 2.24) is 4.90 Å². The molecule has 3 aliphatic rings. The third-order valence-electron chi connectivity index (χ3n) is 11.1. The molecule has 56 heavy (non-hydrogen) atoms. The lowest BCUT2D eigenvalue weighted by Gasteiger charge is -2.59. The van der Waals surface area contributed by atoms with Gasteiger partial charge in [0.05, 0.1) is 18.2 Å². The molecular formula is C45H54N2O9. The summed E-state index contributed by atoms with van der Waals surface area (Å²) in [5.41, 5.74) is 3.94. The fraction of sp³-hybridized carbons (Fsp3) is 0.444. The Balaban J connectivity index is 1.52. The molecule has 1 amide bonds. The van der Waals surface area contributed by atoms with Gasteiger partial charge in [-0.25, -0.2) is 4.79 Å². The van der Waals surface area contributed by atoms with E-state index in [2.05, 4.69) is 12.7 Å². The number of ether oxygens (including phenoxy) is 4. The molecule has 0 spiro atoms. The Morgan fingerprint density at radius 3 is 2.50 bits per heavy atom. The van der Waals surface area contributed by atoms with Crippen LogP contribution in [0.1, 0.15) is 79.3 Å². The number of aldehydes is 1. The average molecular weight is 767 g/mol. The van der Waals surface area contributed by atoms with Gasteiger partial charge in [-0.05, 0) is 85.9 Å². The maximum absolute atomic E-state index is 14.0. The summed E-state index contributed by atoms with van der Waals surface area (Å²) in [4.78, 5) is 32.9. The van der Waals surface area contributed by atoms with Crippen molar-refractivity contribution in [3.05, 3.63) is 114 Å². The molecule has 0 radical (unpaired) electrons. The molecule has 0 aromatic heterocycles. The summed E-state index contributed by atoms with van der Waals surface area (Å²) < 4.78 is 26.4. The fourth-order valence-electron chi connectivity index (χ4n) is 8.67. The van der Waals surface area contributed by atoms with Crippen LogP contribution in [0, 0.1) is 17.8 Å². The summed E-state index contributed by atoms with van der Waals surface area (Å²) in [5.74, 6) is -0.212. The zero-order valence-electron chi connectivity index (χ0n) is 32.4. The predicted molar refractivity (Wildman–Crippen MR) is 213 cm³/mol. The van der Waals surface area contributed by atoms with E-state index in [1.54, 1.807) is 36.2 Å². The Kier molecular flexibility index (Phi) is 14.0. The number of likely N-dealkylation sites (N-methyl/N-ethyl adjacent to an activating group) is 1. The zero-order chi connectivity index (χ0) is 39.5. The zero-order valence-corrected chi connectivity index (χ0v) is 32.4. The van der Waals surface area contributed by atoms with E-state index >= 15 is 0 Å². The molecule has 1 aliphatic heterocycles. The summed E-state index contributed by atoms with van der Waals surface area (Å²) in [6, 6.07) is 21.6. The van der Waals surface area contributed by atoms with Gasteiger partial charge in [0.25, 0.3) is 0 Å². The number of fused-ring (bicyclic) bond motifs is 2. The standard InChI is InChI=1S/C45H54N2O9/c1-4-24-53-45-41(47(3)44(51)52-30-31-14-7-6-8-15-31)28-39(46-54-5-2)37-26-33(17-9-11-22-48)36(19-10-12-23-49)42(43(37)45)38-27-35(20-21-40(38)56-45)55-34-18-13-16-32(25-34)29-50/h4,6-8,13-16,18,20-21,25-27,29,33,36,41-43,48-49H,1,5,9-12,17,19,22-24,28,30H2,2-3H3/t33-,36+,41-,42+,43+,45+/m0/s1. The van der Waals surface area contributed by atoms with Gasteiger partial charge in [-0.2, -0.15) is 0 Å². The van der Waals surface area contributed by atoms with Crippen LogP contribution in [0.25, 0.3) is 0 Å². The van der Waals surface area contributed by atoms with Crippen molar-refractivity contribution in [2.75, 3.05) is 33.5 Å². The minimum atomic E-state index is -1.39. The van der Waals surface area contributed by atoms with Gasteiger partial charge in [-0.1, -0.05) is 72.6 Å². The molecule has 6 atom stereocenters. The van der Waals surface area contributed by atoms with Crippen LogP contribution < -0.4 is 9.47 Å². The number of oxime groups is 1. The Labute approximate surface area is 329 Å². The lowest BCUT2D eigenvalue weighted by molar-refractivity contribution is -0.253. The first-order chi connectivity index (χ1) is 27.4. The highest BCUT2D eigenvalue weighted by molar-refractivity contribution is 6.03. The number of allylic oxidation sites excluding steroid dienone is 1. The third kappa shape index (κ3) is 8.85. The van der Waals surface area contributed by atoms with Gasteiger partial charge >= 0.3 is 6.09 Å². The highest BCUT2D eigenvalue weighted by atomic mass is 16.7. The SMILES string of the molecule is C=CCO[C@@]12Oc3ccc(Oc4cccc(C=O)c4)cc3[C@H]3[C@H](CCCCO)[C@@H](CCCCO)C=C(C(=NOCC)C[C@@H]1N(C)C(=O)OCc1ccccc1)[C@H]32. The van der Waals surface area contributed by atoms with E-state index < -0.39 is 23.8 Å². The van der Waals surface area contributed by atoms with Crippen molar-refractivity contribution < 1.29 is 43.6 Å². The summed E-state index contributed by atoms with van der Waals surface area (Å²) in [6.45, 7) is 6.66. The van der Waals surface area contributed by atoms with Crippen LogP contribution in [0.15, 0.2) is 102 Å². The van der Waals surface area contributed by atoms with Crippen molar-refractivity contribution in [2.24, 2.45) is 22.9 Å². The van der Waals surface area contributed by atoms with Crippen LogP contribution in [0.4, 0.5) is 4.79 Å². The summed E-state index contributed by atoms with van der Waals surface area (Å²) in [7, 11) is 1.71. The van der Waals surface area contributed by atoms with Crippen LogP contribution >= 0.6 is 0 Å². The lowest BCUT2D eigenvalue weighted by Crippen LogP contribution is -2.69. The van der Waals surface area contributed by atoms with Gasteiger partial charge < -0.3 is 38.9 Å². The van der Waals surface area contributed by atoms with Crippen LogP contribution in [0.3, 0.4) is 0 Å². The fourth-order valence-corrected chi connectivity index (χ4v) is 8.67. The van der Waals surface area contributed by atoms with Crippen LogP contribution in [-0.4, -0.2) is 78.5 Å². The van der Waals surface area contributed by atoms with Gasteiger partial charge in [-0.3, -0.25) is 4.79 Å². The molecule has 1 heterocycles. The number of aliphatic hydroxyl groups is 2. The first kappa shape index (κ1) is 40.7. The monoisotopic (exact) mass is 766 g/mol. The molecule has 3 aromatic rings.